The van der Waals surface area contributed by atoms with Crippen LogP contribution in [0, 0.1) is 5.92 Å². The van der Waals surface area contributed by atoms with Crippen LogP contribution in [0.5, 0.6) is 0 Å². The highest BCUT2D eigenvalue weighted by Gasteiger charge is 2.07. The summed E-state index contributed by atoms with van der Waals surface area (Å²) in [6.07, 6.45) is 1.87. The van der Waals surface area contributed by atoms with Gasteiger partial charge in [-0.05, 0) is 12.0 Å². The molecule has 0 saturated carbocycles. The van der Waals surface area contributed by atoms with Crippen LogP contribution >= 0.6 is 0 Å². The second-order valence-corrected chi connectivity index (χ2v) is 4.31. The molecule has 0 atom stereocenters. The second-order valence-electron chi connectivity index (χ2n) is 4.31. The largest absolute Gasteiger partial charge is 0.273 e. The Morgan fingerprint density at radius 2 is 1.94 bits per heavy atom. The number of carbonyl (C=O) groups excluding carboxylic acids is 1. The smallest absolute Gasteiger partial charge is 0.242 e. The lowest BCUT2D eigenvalue weighted by Crippen LogP contribution is -2.24. The maximum Gasteiger partial charge on any atom is 0.242 e. The normalized spacial score (nSPS) is 11.6. The predicted molar refractivity (Wildman–Crippen MR) is 70.9 cm³/mol. The van der Waals surface area contributed by atoms with Crippen LogP contribution in [0.1, 0.15) is 39.2 Å². The molecule has 0 bridgehead atoms. The maximum absolute atomic E-state index is 11.5. The van der Waals surface area contributed by atoms with Crippen molar-refractivity contribution in [1.82, 2.24) is 5.43 Å². The number of hydrogen-bond acceptors (Lipinski definition) is 2. The van der Waals surface area contributed by atoms with Crippen LogP contribution in [0.4, 0.5) is 0 Å². The van der Waals surface area contributed by atoms with Crippen molar-refractivity contribution in [3.63, 3.8) is 0 Å². The van der Waals surface area contributed by atoms with Gasteiger partial charge in [0.15, 0.2) is 0 Å². The minimum atomic E-state index is -0.0467. The van der Waals surface area contributed by atoms with Gasteiger partial charge in [-0.3, -0.25) is 4.79 Å². The van der Waals surface area contributed by atoms with E-state index in [0.29, 0.717) is 0 Å². The van der Waals surface area contributed by atoms with Crippen molar-refractivity contribution in [2.45, 2.75) is 33.6 Å². The first-order valence-corrected chi connectivity index (χ1v) is 6.07. The van der Waals surface area contributed by atoms with Crippen molar-refractivity contribution in [3.8, 4) is 0 Å². The van der Waals surface area contributed by atoms with Crippen LogP contribution in [0.2, 0.25) is 0 Å². The van der Waals surface area contributed by atoms with Crippen LogP contribution in [-0.2, 0) is 4.79 Å². The molecule has 1 aromatic rings. The molecule has 0 heterocycles. The molecule has 0 fully saturated rings. The summed E-state index contributed by atoms with van der Waals surface area (Å²) in [6, 6.07) is 9.95. The van der Waals surface area contributed by atoms with Gasteiger partial charge in [0.25, 0.3) is 0 Å². The van der Waals surface area contributed by atoms with E-state index in [1.54, 1.807) is 0 Å². The summed E-state index contributed by atoms with van der Waals surface area (Å²) in [5.41, 5.74) is 4.61. The van der Waals surface area contributed by atoms with E-state index in [1.165, 1.54) is 0 Å². The molecule has 92 valence electrons. The van der Waals surface area contributed by atoms with Gasteiger partial charge >= 0.3 is 0 Å². The van der Waals surface area contributed by atoms with Gasteiger partial charge in [0.05, 0.1) is 5.71 Å². The van der Waals surface area contributed by atoms with Gasteiger partial charge in [0, 0.05) is 5.92 Å². The Hall–Kier alpha value is -1.64. The first-order chi connectivity index (χ1) is 8.15. The highest BCUT2D eigenvalue weighted by atomic mass is 16.2. The van der Waals surface area contributed by atoms with Crippen molar-refractivity contribution in [3.05, 3.63) is 35.9 Å². The summed E-state index contributed by atoms with van der Waals surface area (Å²) in [4.78, 5) is 11.5. The number of nitrogens with one attached hydrogen (secondary N) is 1. The lowest BCUT2D eigenvalue weighted by Gasteiger charge is -2.07. The SMILES string of the molecule is CCC/C(=N/NC(=O)C(C)C)c1ccccc1. The summed E-state index contributed by atoms with van der Waals surface area (Å²) in [6.45, 7) is 5.81. The van der Waals surface area contributed by atoms with E-state index in [2.05, 4.69) is 17.5 Å². The molecule has 3 heteroatoms. The molecule has 1 amide bonds. The Kier molecular flexibility index (Phi) is 5.40. The van der Waals surface area contributed by atoms with Crippen LogP contribution in [0.3, 0.4) is 0 Å². The molecule has 0 aromatic heterocycles. The number of hydrazone groups is 1. The van der Waals surface area contributed by atoms with E-state index >= 15 is 0 Å². The molecule has 0 saturated heterocycles. The summed E-state index contributed by atoms with van der Waals surface area (Å²) < 4.78 is 0. The minimum Gasteiger partial charge on any atom is -0.273 e. The van der Waals surface area contributed by atoms with Gasteiger partial charge in [-0.1, -0.05) is 57.5 Å². The number of carbonyl (C=O) groups is 1. The fraction of sp³-hybridized carbons (Fsp3) is 0.429. The fourth-order valence-electron chi connectivity index (χ4n) is 1.38. The van der Waals surface area contributed by atoms with Crippen molar-refractivity contribution >= 4 is 11.6 Å². The second kappa shape index (κ2) is 6.84. The van der Waals surface area contributed by atoms with Crippen molar-refractivity contribution in [2.75, 3.05) is 0 Å². The van der Waals surface area contributed by atoms with E-state index in [9.17, 15) is 4.79 Å². The van der Waals surface area contributed by atoms with Crippen LogP contribution in [0.15, 0.2) is 35.4 Å². The maximum atomic E-state index is 11.5. The Balaban J connectivity index is 2.79. The number of hydrogen-bond donors (Lipinski definition) is 1. The molecule has 0 aliphatic rings. The molecule has 0 radical (unpaired) electrons. The monoisotopic (exact) mass is 232 g/mol. The zero-order chi connectivity index (χ0) is 12.7. The van der Waals surface area contributed by atoms with Crippen molar-refractivity contribution in [1.29, 1.82) is 0 Å². The van der Waals surface area contributed by atoms with Crippen LogP contribution in [-0.4, -0.2) is 11.6 Å². The average Bonchev–Trinajstić information content (AvgIpc) is 2.35. The Bertz CT molecular complexity index is 382. The number of benzene rings is 1. The molecule has 0 unspecified atom stereocenters. The summed E-state index contributed by atoms with van der Waals surface area (Å²) in [7, 11) is 0. The first-order valence-electron chi connectivity index (χ1n) is 6.07. The van der Waals surface area contributed by atoms with Crippen molar-refractivity contribution < 1.29 is 4.79 Å². The van der Waals surface area contributed by atoms with E-state index in [4.69, 9.17) is 0 Å². The van der Waals surface area contributed by atoms with E-state index in [1.807, 2.05) is 44.2 Å². The Morgan fingerprint density at radius 3 is 2.47 bits per heavy atom. The van der Waals surface area contributed by atoms with Gasteiger partial charge in [0.2, 0.25) is 5.91 Å². The highest BCUT2D eigenvalue weighted by Crippen LogP contribution is 2.06. The van der Waals surface area contributed by atoms with Crippen LogP contribution < -0.4 is 5.43 Å². The molecule has 0 spiro atoms. The lowest BCUT2D eigenvalue weighted by atomic mass is 10.1. The minimum absolute atomic E-state index is 0.0441. The summed E-state index contributed by atoms with van der Waals surface area (Å²) >= 11 is 0. The van der Waals surface area contributed by atoms with Gasteiger partial charge in [0.1, 0.15) is 0 Å². The number of nitrogens with zero attached hydrogens (tertiary/aromatic N) is 1. The zero-order valence-corrected chi connectivity index (χ0v) is 10.7. The molecular weight excluding hydrogens is 212 g/mol. The lowest BCUT2D eigenvalue weighted by molar-refractivity contribution is -0.123. The van der Waals surface area contributed by atoms with E-state index < -0.39 is 0 Å². The summed E-state index contributed by atoms with van der Waals surface area (Å²) in [5.74, 6) is -0.0908. The molecule has 1 N–H and O–H groups in total. The molecule has 0 aliphatic heterocycles. The van der Waals surface area contributed by atoms with Crippen LogP contribution in [0.25, 0.3) is 0 Å². The van der Waals surface area contributed by atoms with Gasteiger partial charge < -0.3 is 0 Å². The quantitative estimate of drug-likeness (QED) is 0.615. The van der Waals surface area contributed by atoms with Gasteiger partial charge in [-0.2, -0.15) is 5.10 Å². The molecular formula is C14H20N2O. The molecule has 0 aliphatic carbocycles. The highest BCUT2D eigenvalue weighted by molar-refractivity contribution is 6.01. The van der Waals surface area contributed by atoms with Gasteiger partial charge in [-0.25, -0.2) is 5.43 Å². The molecule has 1 aromatic carbocycles. The average molecular weight is 232 g/mol. The summed E-state index contributed by atoms with van der Waals surface area (Å²) in [5, 5.41) is 4.22. The Morgan fingerprint density at radius 1 is 1.29 bits per heavy atom. The Labute approximate surface area is 103 Å². The third kappa shape index (κ3) is 4.39. The van der Waals surface area contributed by atoms with E-state index in [0.717, 1.165) is 24.1 Å². The van der Waals surface area contributed by atoms with E-state index in [-0.39, 0.29) is 11.8 Å². The van der Waals surface area contributed by atoms with Crippen molar-refractivity contribution in [2.24, 2.45) is 11.0 Å². The van der Waals surface area contributed by atoms with Gasteiger partial charge in [-0.15, -0.1) is 0 Å². The zero-order valence-electron chi connectivity index (χ0n) is 10.7. The third-order valence-corrected chi connectivity index (χ3v) is 2.42. The fourth-order valence-corrected chi connectivity index (χ4v) is 1.38. The number of amides is 1. The molecule has 17 heavy (non-hydrogen) atoms. The first kappa shape index (κ1) is 13.4. The topological polar surface area (TPSA) is 41.5 Å². The standard InChI is InChI=1S/C14H20N2O/c1-4-8-13(12-9-6-5-7-10-12)15-16-14(17)11(2)3/h5-7,9-11H,4,8H2,1-3H3,(H,16,17)/b15-13-. The number of rotatable bonds is 5. The third-order valence-electron chi connectivity index (χ3n) is 2.42. The predicted octanol–water partition coefficient (Wildman–Crippen LogP) is 2.96. The molecule has 1 rings (SSSR count). The molecule has 3 nitrogen and oxygen atoms in total.